The van der Waals surface area contributed by atoms with Gasteiger partial charge in [-0.1, -0.05) is 6.07 Å². The lowest BCUT2D eigenvalue weighted by Gasteiger charge is -2.37. The van der Waals surface area contributed by atoms with Gasteiger partial charge in [-0.05, 0) is 69.9 Å². The molecule has 0 amide bonds. The molecule has 1 aromatic carbocycles. The van der Waals surface area contributed by atoms with Crippen LogP contribution in [0, 0.1) is 11.7 Å². The van der Waals surface area contributed by atoms with Gasteiger partial charge < -0.3 is 18.9 Å². The van der Waals surface area contributed by atoms with Crippen molar-refractivity contribution >= 4 is 0 Å². The average Bonchev–Trinajstić information content (AvgIpc) is 2.75. The van der Waals surface area contributed by atoms with Gasteiger partial charge in [0, 0.05) is 6.61 Å². The SMILES string of the molecule is CCOc1ccc(COC2CCC(C3CCC(OCC)CC3)OC2)c(C(F)F)c1F. The molecular formula is C23H33F3O4. The van der Waals surface area contributed by atoms with Crippen LogP contribution in [0.3, 0.4) is 0 Å². The summed E-state index contributed by atoms with van der Waals surface area (Å²) in [6.45, 7) is 5.06. The van der Waals surface area contributed by atoms with Crippen LogP contribution >= 0.6 is 0 Å². The van der Waals surface area contributed by atoms with E-state index in [0.717, 1.165) is 45.1 Å². The van der Waals surface area contributed by atoms with Gasteiger partial charge in [0.15, 0.2) is 11.6 Å². The predicted molar refractivity (Wildman–Crippen MR) is 107 cm³/mol. The van der Waals surface area contributed by atoms with Crippen LogP contribution < -0.4 is 4.74 Å². The Morgan fingerprint density at radius 3 is 2.30 bits per heavy atom. The number of benzene rings is 1. The minimum Gasteiger partial charge on any atom is -0.491 e. The van der Waals surface area contributed by atoms with E-state index in [-0.39, 0.29) is 36.7 Å². The van der Waals surface area contributed by atoms with Crippen molar-refractivity contribution in [3.8, 4) is 5.75 Å². The molecule has 2 unspecified atom stereocenters. The fraction of sp³-hybridized carbons (Fsp3) is 0.739. The van der Waals surface area contributed by atoms with Crippen molar-refractivity contribution in [2.75, 3.05) is 19.8 Å². The van der Waals surface area contributed by atoms with E-state index in [0.29, 0.717) is 18.6 Å². The second-order valence-electron chi connectivity index (χ2n) is 8.06. The van der Waals surface area contributed by atoms with Crippen molar-refractivity contribution in [3.05, 3.63) is 29.1 Å². The smallest absolute Gasteiger partial charge is 0.267 e. The van der Waals surface area contributed by atoms with Gasteiger partial charge in [0.1, 0.15) is 0 Å². The zero-order valence-electron chi connectivity index (χ0n) is 17.9. The zero-order chi connectivity index (χ0) is 21.5. The van der Waals surface area contributed by atoms with E-state index in [1.165, 1.54) is 12.1 Å². The van der Waals surface area contributed by atoms with Crippen molar-refractivity contribution in [2.45, 2.75) is 83.7 Å². The Kier molecular flexibility index (Phi) is 8.84. The quantitative estimate of drug-likeness (QED) is 0.495. The number of alkyl halides is 2. The van der Waals surface area contributed by atoms with Crippen LogP contribution in [0.2, 0.25) is 0 Å². The largest absolute Gasteiger partial charge is 0.491 e. The molecule has 0 N–H and O–H groups in total. The van der Waals surface area contributed by atoms with Crippen molar-refractivity contribution in [2.24, 2.45) is 5.92 Å². The third-order valence-electron chi connectivity index (χ3n) is 6.14. The Morgan fingerprint density at radius 2 is 1.70 bits per heavy atom. The van der Waals surface area contributed by atoms with E-state index < -0.39 is 17.8 Å². The van der Waals surface area contributed by atoms with E-state index in [9.17, 15) is 13.2 Å². The molecule has 1 heterocycles. The predicted octanol–water partition coefficient (Wildman–Crippen LogP) is 5.82. The number of hydrogen-bond donors (Lipinski definition) is 0. The van der Waals surface area contributed by atoms with Gasteiger partial charge in [0.25, 0.3) is 6.43 Å². The minimum absolute atomic E-state index is 0.0683. The van der Waals surface area contributed by atoms with E-state index >= 15 is 0 Å². The molecule has 1 aromatic rings. The van der Waals surface area contributed by atoms with E-state index in [1.54, 1.807) is 6.92 Å². The van der Waals surface area contributed by atoms with Crippen LogP contribution in [-0.2, 0) is 20.8 Å². The maximum absolute atomic E-state index is 14.4. The van der Waals surface area contributed by atoms with E-state index in [1.807, 2.05) is 6.92 Å². The third kappa shape index (κ3) is 5.89. The van der Waals surface area contributed by atoms with Gasteiger partial charge >= 0.3 is 0 Å². The molecule has 170 valence electrons. The maximum Gasteiger partial charge on any atom is 0.267 e. The summed E-state index contributed by atoms with van der Waals surface area (Å²) in [4.78, 5) is 0. The summed E-state index contributed by atoms with van der Waals surface area (Å²) in [7, 11) is 0. The van der Waals surface area contributed by atoms with Crippen molar-refractivity contribution < 1.29 is 32.1 Å². The van der Waals surface area contributed by atoms with Gasteiger partial charge in [-0.3, -0.25) is 0 Å². The van der Waals surface area contributed by atoms with Crippen LogP contribution in [-0.4, -0.2) is 38.1 Å². The first-order valence-electron chi connectivity index (χ1n) is 11.1. The number of rotatable bonds is 9. The first kappa shape index (κ1) is 23.4. The van der Waals surface area contributed by atoms with Crippen LogP contribution in [0.1, 0.15) is 69.9 Å². The summed E-state index contributed by atoms with van der Waals surface area (Å²) in [5, 5.41) is 0. The van der Waals surface area contributed by atoms with Gasteiger partial charge in [-0.2, -0.15) is 0 Å². The molecular weight excluding hydrogens is 397 g/mol. The summed E-state index contributed by atoms with van der Waals surface area (Å²) in [6, 6.07) is 2.84. The lowest BCUT2D eigenvalue weighted by atomic mass is 9.81. The Hall–Kier alpha value is -1.31. The molecule has 1 aliphatic heterocycles. The fourth-order valence-electron chi connectivity index (χ4n) is 4.56. The molecule has 2 fully saturated rings. The molecule has 0 spiro atoms. The summed E-state index contributed by atoms with van der Waals surface area (Å²) in [5.41, 5.74) is -0.482. The second kappa shape index (κ2) is 11.3. The molecule has 7 heteroatoms. The molecule has 2 atom stereocenters. The first-order chi connectivity index (χ1) is 14.5. The van der Waals surface area contributed by atoms with Crippen molar-refractivity contribution in [1.29, 1.82) is 0 Å². The highest BCUT2D eigenvalue weighted by Gasteiger charge is 2.32. The molecule has 0 aromatic heterocycles. The summed E-state index contributed by atoms with van der Waals surface area (Å²) in [6.07, 6.45) is 3.62. The molecule has 2 aliphatic rings. The number of halogens is 3. The van der Waals surface area contributed by atoms with Crippen LogP contribution in [0.5, 0.6) is 5.75 Å². The normalized spacial score (nSPS) is 27.4. The van der Waals surface area contributed by atoms with Gasteiger partial charge in [-0.25, -0.2) is 13.2 Å². The first-order valence-corrected chi connectivity index (χ1v) is 11.1. The van der Waals surface area contributed by atoms with Crippen LogP contribution in [0.15, 0.2) is 12.1 Å². The Labute approximate surface area is 177 Å². The summed E-state index contributed by atoms with van der Waals surface area (Å²) in [5.74, 6) is -0.608. The third-order valence-corrected chi connectivity index (χ3v) is 6.14. The molecule has 1 aliphatic carbocycles. The summed E-state index contributed by atoms with van der Waals surface area (Å²) >= 11 is 0. The minimum atomic E-state index is -2.93. The highest BCUT2D eigenvalue weighted by Crippen LogP contribution is 2.35. The monoisotopic (exact) mass is 430 g/mol. The molecule has 0 bridgehead atoms. The summed E-state index contributed by atoms with van der Waals surface area (Å²) < 4.78 is 63.9. The standard InChI is InChI=1S/C23H33F3O4/c1-3-27-17-8-5-15(6-9-17)19-12-10-18(14-30-19)29-13-16-7-11-20(28-4-2)22(24)21(16)23(25)26/h7,11,15,17-19,23H,3-6,8-10,12-14H2,1-2H3. The van der Waals surface area contributed by atoms with Crippen molar-refractivity contribution in [1.82, 2.24) is 0 Å². The lowest BCUT2D eigenvalue weighted by molar-refractivity contribution is -0.116. The number of ether oxygens (including phenoxy) is 4. The molecule has 3 rings (SSSR count). The van der Waals surface area contributed by atoms with E-state index in [2.05, 4.69) is 0 Å². The van der Waals surface area contributed by atoms with Gasteiger partial charge in [0.05, 0.1) is 43.7 Å². The molecule has 1 saturated heterocycles. The van der Waals surface area contributed by atoms with Gasteiger partial charge in [-0.15, -0.1) is 0 Å². The Morgan fingerprint density at radius 1 is 0.967 bits per heavy atom. The van der Waals surface area contributed by atoms with Crippen LogP contribution in [0.25, 0.3) is 0 Å². The molecule has 1 saturated carbocycles. The topological polar surface area (TPSA) is 36.9 Å². The average molecular weight is 431 g/mol. The Bertz CT molecular complexity index is 654. The fourth-order valence-corrected chi connectivity index (χ4v) is 4.56. The Balaban J connectivity index is 1.49. The van der Waals surface area contributed by atoms with E-state index in [4.69, 9.17) is 18.9 Å². The second-order valence-corrected chi connectivity index (χ2v) is 8.06. The van der Waals surface area contributed by atoms with Gasteiger partial charge in [0.2, 0.25) is 0 Å². The molecule has 4 nitrogen and oxygen atoms in total. The molecule has 0 radical (unpaired) electrons. The molecule has 30 heavy (non-hydrogen) atoms. The lowest BCUT2D eigenvalue weighted by Crippen LogP contribution is -2.38. The highest BCUT2D eigenvalue weighted by atomic mass is 19.3. The number of hydrogen-bond acceptors (Lipinski definition) is 4. The zero-order valence-corrected chi connectivity index (χ0v) is 17.9. The highest BCUT2D eigenvalue weighted by molar-refractivity contribution is 5.38. The maximum atomic E-state index is 14.4. The van der Waals surface area contributed by atoms with Crippen LogP contribution in [0.4, 0.5) is 13.2 Å². The van der Waals surface area contributed by atoms with Crippen molar-refractivity contribution in [3.63, 3.8) is 0 Å².